The summed E-state index contributed by atoms with van der Waals surface area (Å²) in [6, 6.07) is 18.6. The van der Waals surface area contributed by atoms with Gasteiger partial charge in [0.25, 0.3) is 11.8 Å². The Morgan fingerprint density at radius 1 is 1.06 bits per heavy atom. The number of carbonyl (C=O) groups is 3. The Morgan fingerprint density at radius 2 is 1.78 bits per heavy atom. The van der Waals surface area contributed by atoms with Crippen LogP contribution in [-0.4, -0.2) is 84.4 Å². The summed E-state index contributed by atoms with van der Waals surface area (Å²) in [5.41, 5.74) is 2.00. The highest BCUT2D eigenvalue weighted by Crippen LogP contribution is 2.37. The molecule has 5 N–H and O–H groups in total. The fourth-order valence-electron chi connectivity index (χ4n) is 5.78. The van der Waals surface area contributed by atoms with Crippen LogP contribution in [0, 0.1) is 5.82 Å². The van der Waals surface area contributed by atoms with Gasteiger partial charge in [-0.3, -0.25) is 14.4 Å². The minimum Gasteiger partial charge on any atom is -0.394 e. The molecule has 1 heterocycles. The smallest absolute Gasteiger partial charge is 0.255 e. The number of thioether (sulfide) groups is 1. The van der Waals surface area contributed by atoms with Gasteiger partial charge in [-0.25, -0.2) is 4.39 Å². The lowest BCUT2D eigenvalue weighted by Gasteiger charge is -2.30. The van der Waals surface area contributed by atoms with E-state index in [-0.39, 0.29) is 42.5 Å². The molecule has 1 aliphatic carbocycles. The van der Waals surface area contributed by atoms with Crippen LogP contribution in [-0.2, 0) is 19.9 Å². The van der Waals surface area contributed by atoms with E-state index in [1.165, 1.54) is 34.9 Å². The van der Waals surface area contributed by atoms with Crippen molar-refractivity contribution in [3.05, 3.63) is 107 Å². The molecule has 0 spiro atoms. The van der Waals surface area contributed by atoms with Crippen LogP contribution < -0.4 is 20.9 Å². The zero-order chi connectivity index (χ0) is 36.7. The minimum atomic E-state index is -2.66. The number of carbonyl (C=O) groups excluding carboxylic acids is 3. The normalized spacial score (nSPS) is 16.7. The maximum absolute atomic E-state index is 14.4. The van der Waals surface area contributed by atoms with Crippen molar-refractivity contribution >= 4 is 61.6 Å². The molecule has 51 heavy (non-hydrogen) atoms. The summed E-state index contributed by atoms with van der Waals surface area (Å²) >= 11 is 1.22. The molecular formula is C37H39FN4O7S2. The second kappa shape index (κ2) is 16.6. The fraction of sp³-hybridized carbons (Fsp3) is 0.297. The Hall–Kier alpha value is -4.60. The number of fused-ring (bicyclic) bond motifs is 1. The standard InChI is InChI=1S/C37H39FN4O7S2/c1-37(2,39-19-26(44)21-43)18-34(45)40-30-22-50-32-17-25(38)13-15-31(32)42(36(30)47)20-23-12-14-28(33(16-23)51(48)49)27-10-6-7-11-29(27)41-35(46)24-8-4-3-5-9-24/h3-15,17,26,30,39,43-44H,16,18-22H2,1-2H3,(H,40,45)(H,41,46)/t26-,30+/m0/s1. The summed E-state index contributed by atoms with van der Waals surface area (Å²) in [7, 11) is -2.66. The Kier molecular flexibility index (Phi) is 12.3. The van der Waals surface area contributed by atoms with Crippen LogP contribution in [0.5, 0.6) is 0 Å². The number of benzene rings is 3. The molecular weight excluding hydrogens is 696 g/mol. The van der Waals surface area contributed by atoms with Crippen LogP contribution in [0.2, 0.25) is 0 Å². The minimum absolute atomic E-state index is 0.0344. The largest absolute Gasteiger partial charge is 0.394 e. The van der Waals surface area contributed by atoms with Crippen LogP contribution in [0.1, 0.15) is 42.6 Å². The van der Waals surface area contributed by atoms with Crippen LogP contribution in [0.25, 0.3) is 5.57 Å². The highest BCUT2D eigenvalue weighted by atomic mass is 32.2. The maximum atomic E-state index is 14.4. The number of hydrogen-bond donors (Lipinski definition) is 5. The van der Waals surface area contributed by atoms with Crippen molar-refractivity contribution in [1.29, 1.82) is 0 Å². The van der Waals surface area contributed by atoms with Crippen LogP contribution in [0.15, 0.2) is 95.4 Å². The number of aliphatic hydroxyl groups is 2. The Bertz CT molecular complexity index is 2010. The van der Waals surface area contributed by atoms with Crippen molar-refractivity contribution in [2.24, 2.45) is 0 Å². The lowest BCUT2D eigenvalue weighted by Crippen LogP contribution is -2.53. The first-order valence-corrected chi connectivity index (χ1v) is 18.3. The molecule has 3 aromatic carbocycles. The number of amides is 3. The average Bonchev–Trinajstić information content (AvgIpc) is 3.23. The monoisotopic (exact) mass is 734 g/mol. The quantitative estimate of drug-likeness (QED) is 0.175. The van der Waals surface area contributed by atoms with Gasteiger partial charge in [0, 0.05) is 64.5 Å². The molecule has 2 atom stereocenters. The van der Waals surface area contributed by atoms with E-state index in [0.717, 1.165) is 0 Å². The van der Waals surface area contributed by atoms with Gasteiger partial charge in [0.2, 0.25) is 16.2 Å². The molecule has 5 rings (SSSR count). The number of aliphatic hydroxyl groups excluding tert-OH is 2. The first-order chi connectivity index (χ1) is 24.3. The molecule has 0 aromatic heterocycles. The predicted molar refractivity (Wildman–Crippen MR) is 197 cm³/mol. The average molecular weight is 735 g/mol. The fourth-order valence-corrected chi connectivity index (χ4v) is 7.53. The van der Waals surface area contributed by atoms with Gasteiger partial charge in [-0.15, -0.1) is 11.8 Å². The highest BCUT2D eigenvalue weighted by molar-refractivity contribution is 7.99. The van der Waals surface area contributed by atoms with Gasteiger partial charge in [0.1, 0.15) is 11.9 Å². The van der Waals surface area contributed by atoms with Crippen molar-refractivity contribution in [1.82, 2.24) is 10.6 Å². The zero-order valence-electron chi connectivity index (χ0n) is 28.1. The van der Waals surface area contributed by atoms with Gasteiger partial charge in [-0.2, -0.15) is 8.42 Å². The second-order valence-electron chi connectivity index (χ2n) is 12.9. The number of nitrogens with zero attached hydrogens (tertiary/aromatic N) is 1. The number of anilines is 2. The summed E-state index contributed by atoms with van der Waals surface area (Å²) < 4.78 is 39.7. The van der Waals surface area contributed by atoms with Gasteiger partial charge in [0.05, 0.1) is 23.3 Å². The number of halogens is 1. The number of nitrogens with one attached hydrogen (secondary N) is 3. The molecule has 0 unspecified atom stereocenters. The number of hydrogen-bond acceptors (Lipinski definition) is 9. The topological polar surface area (TPSA) is 165 Å². The third-order valence-electron chi connectivity index (χ3n) is 8.38. The first kappa shape index (κ1) is 37.7. The van der Waals surface area contributed by atoms with Crippen molar-refractivity contribution in [3.63, 3.8) is 0 Å². The Balaban J connectivity index is 1.41. The van der Waals surface area contributed by atoms with E-state index in [4.69, 9.17) is 5.11 Å². The van der Waals surface area contributed by atoms with Crippen molar-refractivity contribution in [2.45, 2.75) is 49.3 Å². The second-order valence-corrected chi connectivity index (χ2v) is 14.9. The van der Waals surface area contributed by atoms with Gasteiger partial charge in [0.15, 0.2) is 0 Å². The first-order valence-electron chi connectivity index (χ1n) is 16.2. The number of para-hydroxylation sites is 1. The van der Waals surface area contributed by atoms with Gasteiger partial charge < -0.3 is 31.1 Å². The van der Waals surface area contributed by atoms with Crippen molar-refractivity contribution < 1.29 is 37.4 Å². The molecule has 3 amide bonds. The van der Waals surface area contributed by atoms with E-state index in [9.17, 15) is 32.3 Å². The summed E-state index contributed by atoms with van der Waals surface area (Å²) in [4.78, 5) is 42.2. The van der Waals surface area contributed by atoms with Crippen LogP contribution >= 0.6 is 11.8 Å². The summed E-state index contributed by atoms with van der Waals surface area (Å²) in [5, 5.41) is 27.5. The van der Waals surface area contributed by atoms with E-state index in [1.807, 2.05) is 0 Å². The molecule has 11 nitrogen and oxygen atoms in total. The van der Waals surface area contributed by atoms with E-state index in [0.29, 0.717) is 38.5 Å². The summed E-state index contributed by atoms with van der Waals surface area (Å²) in [6.45, 7) is 3.11. The van der Waals surface area contributed by atoms with Crippen molar-refractivity contribution in [2.75, 3.05) is 35.7 Å². The number of β-amino-alcohol motifs (C(OH)–C–C–N with tert-alkyl or cyclic N) is 1. The predicted octanol–water partition coefficient (Wildman–Crippen LogP) is 3.58. The molecule has 2 aliphatic rings. The number of allylic oxidation sites excluding steroid dienone is 3. The molecule has 0 bridgehead atoms. The van der Waals surface area contributed by atoms with E-state index in [1.54, 1.807) is 80.6 Å². The summed E-state index contributed by atoms with van der Waals surface area (Å²) in [5.74, 6) is -1.59. The molecule has 0 radical (unpaired) electrons. The third-order valence-corrected chi connectivity index (χ3v) is 10.3. The van der Waals surface area contributed by atoms with E-state index >= 15 is 0 Å². The van der Waals surface area contributed by atoms with Gasteiger partial charge in [-0.05, 0) is 55.8 Å². The lowest BCUT2D eigenvalue weighted by molar-refractivity contribution is -0.127. The van der Waals surface area contributed by atoms with E-state index < -0.39 is 52.2 Å². The SMILES string of the molecule is CC(C)(CC(=O)N[C@@H]1CSc2cc(F)ccc2N(CC2=CC=C(c3ccccc3NC(=O)c3ccccc3)C(=S(=O)=O)C2)C1=O)NC[C@H](O)CO. The molecule has 0 saturated carbocycles. The van der Waals surface area contributed by atoms with Crippen LogP contribution in [0.3, 0.4) is 0 Å². The molecule has 3 aromatic rings. The van der Waals surface area contributed by atoms with Crippen LogP contribution in [0.4, 0.5) is 15.8 Å². The molecule has 268 valence electrons. The highest BCUT2D eigenvalue weighted by Gasteiger charge is 2.34. The number of rotatable bonds is 12. The maximum Gasteiger partial charge on any atom is 0.255 e. The third kappa shape index (κ3) is 9.60. The van der Waals surface area contributed by atoms with E-state index in [2.05, 4.69) is 16.0 Å². The molecule has 0 saturated heterocycles. The zero-order valence-corrected chi connectivity index (χ0v) is 29.7. The molecule has 0 fully saturated rings. The van der Waals surface area contributed by atoms with Gasteiger partial charge >= 0.3 is 0 Å². The molecule has 1 aliphatic heterocycles. The Labute approximate surface area is 301 Å². The summed E-state index contributed by atoms with van der Waals surface area (Å²) in [6.07, 6.45) is 2.31. The van der Waals surface area contributed by atoms with Crippen molar-refractivity contribution in [3.8, 4) is 0 Å². The Morgan fingerprint density at radius 3 is 2.51 bits per heavy atom. The lowest BCUT2D eigenvalue weighted by atomic mass is 9.91. The molecule has 14 heteroatoms. The van der Waals surface area contributed by atoms with Gasteiger partial charge in [-0.1, -0.05) is 48.6 Å².